The maximum absolute atomic E-state index is 12.1. The number of nitrogens with zero attached hydrogens (tertiary/aromatic N) is 1. The van der Waals surface area contributed by atoms with Crippen LogP contribution < -0.4 is 14.9 Å². The van der Waals surface area contributed by atoms with Crippen molar-refractivity contribution in [3.05, 3.63) is 49.4 Å². The topological polar surface area (TPSA) is 80.2 Å². The predicted molar refractivity (Wildman–Crippen MR) is 117 cm³/mol. The molecule has 0 saturated heterocycles. The van der Waals surface area contributed by atoms with E-state index in [9.17, 15) is 9.90 Å². The number of halogens is 2. The average molecular weight is 514 g/mol. The number of benzene rings is 2. The first-order valence-electron chi connectivity index (χ1n) is 8.61. The van der Waals surface area contributed by atoms with Crippen molar-refractivity contribution in [3.63, 3.8) is 0 Å². The van der Waals surface area contributed by atoms with E-state index < -0.39 is 0 Å². The predicted octanol–water partition coefficient (Wildman–Crippen LogP) is 4.77. The van der Waals surface area contributed by atoms with Gasteiger partial charge in [0.1, 0.15) is 5.75 Å². The zero-order chi connectivity index (χ0) is 20.8. The van der Waals surface area contributed by atoms with E-state index in [1.54, 1.807) is 6.07 Å². The molecule has 0 aliphatic carbocycles. The van der Waals surface area contributed by atoms with Crippen LogP contribution >= 0.6 is 31.9 Å². The Kier molecular flexibility index (Phi) is 7.88. The van der Waals surface area contributed by atoms with E-state index in [-0.39, 0.29) is 18.3 Å². The first kappa shape index (κ1) is 22.2. The Morgan fingerprint density at radius 1 is 1.18 bits per heavy atom. The van der Waals surface area contributed by atoms with E-state index in [1.165, 1.54) is 6.21 Å². The van der Waals surface area contributed by atoms with Crippen molar-refractivity contribution in [1.82, 2.24) is 5.43 Å². The molecule has 28 heavy (non-hydrogen) atoms. The Bertz CT molecular complexity index is 914. The molecule has 0 bridgehead atoms. The van der Waals surface area contributed by atoms with Crippen LogP contribution in [0.25, 0.3) is 0 Å². The highest BCUT2D eigenvalue weighted by molar-refractivity contribution is 9.13. The molecule has 2 N–H and O–H groups in total. The van der Waals surface area contributed by atoms with Gasteiger partial charge < -0.3 is 14.6 Å². The Balaban J connectivity index is 2.03. The fraction of sp³-hybridized carbons (Fsp3) is 0.300. The number of hydrogen-bond donors (Lipinski definition) is 2. The van der Waals surface area contributed by atoms with Crippen LogP contribution in [0.15, 0.2) is 32.2 Å². The SMILES string of the molecule is CCOc1cc(/C=N\NC(=O)COc2c(C)ccc(C)c2C)c(Br)c(Br)c1O. The first-order valence-corrected chi connectivity index (χ1v) is 10.2. The van der Waals surface area contributed by atoms with Gasteiger partial charge in [0, 0.05) is 10.0 Å². The number of hydrogen-bond acceptors (Lipinski definition) is 5. The summed E-state index contributed by atoms with van der Waals surface area (Å²) in [7, 11) is 0. The van der Waals surface area contributed by atoms with E-state index in [2.05, 4.69) is 42.4 Å². The second-order valence-electron chi connectivity index (χ2n) is 6.11. The van der Waals surface area contributed by atoms with Crippen molar-refractivity contribution in [2.45, 2.75) is 27.7 Å². The summed E-state index contributed by atoms with van der Waals surface area (Å²) < 4.78 is 12.1. The molecule has 0 atom stereocenters. The molecule has 150 valence electrons. The number of nitrogens with one attached hydrogen (secondary N) is 1. The number of rotatable bonds is 7. The molecular weight excluding hydrogens is 492 g/mol. The molecule has 8 heteroatoms. The van der Waals surface area contributed by atoms with Gasteiger partial charge in [0.2, 0.25) is 0 Å². The van der Waals surface area contributed by atoms with Gasteiger partial charge in [-0.15, -0.1) is 0 Å². The fourth-order valence-electron chi connectivity index (χ4n) is 2.46. The summed E-state index contributed by atoms with van der Waals surface area (Å²) in [6.45, 7) is 7.98. The zero-order valence-corrected chi connectivity index (χ0v) is 19.3. The maximum atomic E-state index is 12.1. The summed E-state index contributed by atoms with van der Waals surface area (Å²) in [5.74, 6) is 0.646. The summed E-state index contributed by atoms with van der Waals surface area (Å²) in [6, 6.07) is 5.61. The standard InChI is InChI=1S/C20H22Br2N2O4/c1-5-27-15-8-14(17(21)18(22)19(15)26)9-23-24-16(25)10-28-20-12(3)7-6-11(2)13(20)4/h6-9,26H,5,10H2,1-4H3,(H,24,25)/b23-9-. The van der Waals surface area contributed by atoms with Gasteiger partial charge in [-0.25, -0.2) is 5.43 Å². The lowest BCUT2D eigenvalue weighted by molar-refractivity contribution is -0.123. The van der Waals surface area contributed by atoms with Gasteiger partial charge in [-0.2, -0.15) is 5.10 Å². The van der Waals surface area contributed by atoms with Crippen LogP contribution in [0.4, 0.5) is 0 Å². The minimum absolute atomic E-state index is 0.00722. The monoisotopic (exact) mass is 512 g/mol. The van der Waals surface area contributed by atoms with E-state index >= 15 is 0 Å². The van der Waals surface area contributed by atoms with Gasteiger partial charge in [-0.1, -0.05) is 12.1 Å². The van der Waals surface area contributed by atoms with Gasteiger partial charge >= 0.3 is 0 Å². The second-order valence-corrected chi connectivity index (χ2v) is 7.69. The van der Waals surface area contributed by atoms with Crippen molar-refractivity contribution in [3.8, 4) is 17.2 Å². The molecule has 2 aromatic rings. The van der Waals surface area contributed by atoms with Crippen molar-refractivity contribution in [2.24, 2.45) is 5.10 Å². The van der Waals surface area contributed by atoms with Crippen molar-refractivity contribution in [1.29, 1.82) is 0 Å². The van der Waals surface area contributed by atoms with Crippen LogP contribution in [-0.4, -0.2) is 30.4 Å². The molecule has 2 rings (SSSR count). The smallest absolute Gasteiger partial charge is 0.277 e. The number of phenols is 1. The Morgan fingerprint density at radius 2 is 1.86 bits per heavy atom. The largest absolute Gasteiger partial charge is 0.503 e. The lowest BCUT2D eigenvalue weighted by Crippen LogP contribution is -2.25. The van der Waals surface area contributed by atoms with Gasteiger partial charge in [0.15, 0.2) is 18.1 Å². The van der Waals surface area contributed by atoms with E-state index in [0.717, 1.165) is 16.7 Å². The molecule has 0 saturated carbocycles. The van der Waals surface area contributed by atoms with Crippen molar-refractivity contribution < 1.29 is 19.4 Å². The Labute approximate surface area is 181 Å². The number of amides is 1. The molecule has 2 aromatic carbocycles. The van der Waals surface area contributed by atoms with Gasteiger partial charge in [-0.3, -0.25) is 4.79 Å². The summed E-state index contributed by atoms with van der Waals surface area (Å²) in [5, 5.41) is 14.0. The van der Waals surface area contributed by atoms with Gasteiger partial charge in [-0.05, 0) is 82.3 Å². The van der Waals surface area contributed by atoms with Crippen LogP contribution in [0.1, 0.15) is 29.2 Å². The Hall–Kier alpha value is -2.06. The minimum Gasteiger partial charge on any atom is -0.503 e. The number of ether oxygens (including phenoxy) is 2. The zero-order valence-electron chi connectivity index (χ0n) is 16.1. The van der Waals surface area contributed by atoms with E-state index in [0.29, 0.717) is 32.6 Å². The molecule has 0 aliphatic rings. The highest BCUT2D eigenvalue weighted by Crippen LogP contribution is 2.41. The lowest BCUT2D eigenvalue weighted by atomic mass is 10.1. The van der Waals surface area contributed by atoms with Crippen LogP contribution in [0.5, 0.6) is 17.2 Å². The summed E-state index contributed by atoms with van der Waals surface area (Å²) in [6.07, 6.45) is 1.46. The highest BCUT2D eigenvalue weighted by atomic mass is 79.9. The highest BCUT2D eigenvalue weighted by Gasteiger charge is 2.14. The third-order valence-electron chi connectivity index (χ3n) is 4.09. The number of carbonyl (C=O) groups excluding carboxylic acids is 1. The maximum Gasteiger partial charge on any atom is 0.277 e. The molecule has 0 unspecified atom stereocenters. The molecule has 0 radical (unpaired) electrons. The molecule has 6 nitrogen and oxygen atoms in total. The van der Waals surface area contributed by atoms with Crippen LogP contribution in [-0.2, 0) is 4.79 Å². The fourth-order valence-corrected chi connectivity index (χ4v) is 3.29. The van der Waals surface area contributed by atoms with Crippen molar-refractivity contribution >= 4 is 44.0 Å². The number of phenolic OH excluding ortho intramolecular Hbond substituents is 1. The number of hydrazone groups is 1. The first-order chi connectivity index (χ1) is 13.3. The lowest BCUT2D eigenvalue weighted by Gasteiger charge is -2.13. The van der Waals surface area contributed by atoms with Gasteiger partial charge in [0.25, 0.3) is 5.91 Å². The van der Waals surface area contributed by atoms with Crippen LogP contribution in [0.2, 0.25) is 0 Å². The van der Waals surface area contributed by atoms with Gasteiger partial charge in [0.05, 0.1) is 17.3 Å². The normalized spacial score (nSPS) is 10.9. The molecular formula is C20H22Br2N2O4. The van der Waals surface area contributed by atoms with Crippen molar-refractivity contribution in [2.75, 3.05) is 13.2 Å². The molecule has 0 heterocycles. The quantitative estimate of drug-likeness (QED) is 0.412. The molecule has 1 amide bonds. The summed E-state index contributed by atoms with van der Waals surface area (Å²) in [5.41, 5.74) is 6.15. The average Bonchev–Trinajstić information content (AvgIpc) is 2.66. The third kappa shape index (κ3) is 5.26. The molecule has 0 aromatic heterocycles. The minimum atomic E-state index is -0.379. The van der Waals surface area contributed by atoms with E-state index in [1.807, 2.05) is 39.8 Å². The second kappa shape index (κ2) is 9.93. The van der Waals surface area contributed by atoms with Crippen LogP contribution in [0.3, 0.4) is 0 Å². The third-order valence-corrected chi connectivity index (χ3v) is 6.25. The summed E-state index contributed by atoms with van der Waals surface area (Å²) in [4.78, 5) is 12.1. The summed E-state index contributed by atoms with van der Waals surface area (Å²) >= 11 is 6.67. The number of carbonyl (C=O) groups is 1. The molecule has 0 aliphatic heterocycles. The molecule has 0 spiro atoms. The van der Waals surface area contributed by atoms with Crippen LogP contribution in [0, 0.1) is 20.8 Å². The van der Waals surface area contributed by atoms with E-state index in [4.69, 9.17) is 9.47 Å². The number of aryl methyl sites for hydroxylation is 2. The number of aromatic hydroxyl groups is 1. The molecule has 0 fully saturated rings. The Morgan fingerprint density at radius 3 is 2.54 bits per heavy atom.